The molecule has 1 aliphatic heterocycles. The van der Waals surface area contributed by atoms with E-state index in [0.29, 0.717) is 17.4 Å². The van der Waals surface area contributed by atoms with Crippen molar-refractivity contribution in [3.05, 3.63) is 53.8 Å². The molecule has 0 amide bonds. The van der Waals surface area contributed by atoms with Crippen molar-refractivity contribution in [3.8, 4) is 5.75 Å². The summed E-state index contributed by atoms with van der Waals surface area (Å²) in [6.45, 7) is 1.52. The number of hydrogen-bond acceptors (Lipinski definition) is 4. The molecule has 0 unspecified atom stereocenters. The Kier molecular flexibility index (Phi) is 5.48. The predicted molar refractivity (Wildman–Crippen MR) is 97.8 cm³/mol. The zero-order valence-electron chi connectivity index (χ0n) is 14.6. The molecule has 0 saturated carbocycles. The van der Waals surface area contributed by atoms with Gasteiger partial charge in [-0.05, 0) is 55.0 Å². The van der Waals surface area contributed by atoms with Gasteiger partial charge < -0.3 is 9.64 Å². The molecule has 0 atom stereocenters. The molecule has 2 aromatic rings. The average Bonchev–Trinajstić information content (AvgIpc) is 2.63. The first-order valence-corrected chi connectivity index (χ1v) is 9.96. The van der Waals surface area contributed by atoms with Crippen LogP contribution in [0.1, 0.15) is 18.4 Å². The fourth-order valence-corrected chi connectivity index (χ4v) is 3.85. The SMILES string of the molecule is COc1ccc(F)c(N2CCC(Cc3ccc(S(=O)(=O)O)cc3)CC2)c1. The molecule has 140 valence electrons. The van der Waals surface area contributed by atoms with Crippen LogP contribution in [-0.4, -0.2) is 33.2 Å². The maximum absolute atomic E-state index is 14.1. The summed E-state index contributed by atoms with van der Waals surface area (Å²) in [5, 5.41) is 0. The molecule has 1 heterocycles. The first-order valence-electron chi connectivity index (χ1n) is 8.52. The van der Waals surface area contributed by atoms with Gasteiger partial charge in [-0.3, -0.25) is 4.55 Å². The Morgan fingerprint density at radius 1 is 1.15 bits per heavy atom. The third-order valence-corrected chi connectivity index (χ3v) is 5.72. The zero-order valence-corrected chi connectivity index (χ0v) is 15.4. The summed E-state index contributed by atoms with van der Waals surface area (Å²) in [5.41, 5.74) is 1.60. The Morgan fingerprint density at radius 2 is 1.81 bits per heavy atom. The Labute approximate surface area is 153 Å². The maximum Gasteiger partial charge on any atom is 0.294 e. The highest BCUT2D eigenvalue weighted by molar-refractivity contribution is 7.85. The molecule has 0 spiro atoms. The number of ether oxygens (including phenoxy) is 1. The molecule has 1 N–H and O–H groups in total. The van der Waals surface area contributed by atoms with E-state index in [4.69, 9.17) is 9.29 Å². The van der Waals surface area contributed by atoms with Gasteiger partial charge >= 0.3 is 0 Å². The monoisotopic (exact) mass is 379 g/mol. The second-order valence-electron chi connectivity index (χ2n) is 6.57. The minimum Gasteiger partial charge on any atom is -0.497 e. The third kappa shape index (κ3) is 4.34. The van der Waals surface area contributed by atoms with Gasteiger partial charge in [0.1, 0.15) is 11.6 Å². The number of anilines is 1. The summed E-state index contributed by atoms with van der Waals surface area (Å²) in [4.78, 5) is 1.94. The zero-order chi connectivity index (χ0) is 18.7. The van der Waals surface area contributed by atoms with Crippen LogP contribution in [0.3, 0.4) is 0 Å². The maximum atomic E-state index is 14.1. The van der Waals surface area contributed by atoms with Gasteiger partial charge in [-0.15, -0.1) is 0 Å². The van der Waals surface area contributed by atoms with Crippen molar-refractivity contribution in [3.63, 3.8) is 0 Å². The standard InChI is InChI=1S/C19H22FNO4S/c1-25-16-4-7-18(20)19(13-16)21-10-8-15(9-11-21)12-14-2-5-17(6-3-14)26(22,23)24/h2-7,13,15H,8-12H2,1H3,(H,22,23,24). The number of hydrogen-bond donors (Lipinski definition) is 1. The summed E-state index contributed by atoms with van der Waals surface area (Å²) in [5.74, 6) is 0.851. The van der Waals surface area contributed by atoms with E-state index in [9.17, 15) is 12.8 Å². The number of benzene rings is 2. The van der Waals surface area contributed by atoms with E-state index in [1.54, 1.807) is 31.4 Å². The number of rotatable bonds is 5. The van der Waals surface area contributed by atoms with Gasteiger partial charge in [0.15, 0.2) is 0 Å². The van der Waals surface area contributed by atoms with E-state index in [0.717, 1.165) is 37.9 Å². The Balaban J connectivity index is 1.60. The number of methoxy groups -OCH3 is 1. The first-order chi connectivity index (χ1) is 12.4. The fraction of sp³-hybridized carbons (Fsp3) is 0.368. The fourth-order valence-electron chi connectivity index (χ4n) is 3.37. The number of piperidine rings is 1. The topological polar surface area (TPSA) is 66.8 Å². The van der Waals surface area contributed by atoms with E-state index in [2.05, 4.69) is 0 Å². The molecular weight excluding hydrogens is 357 g/mol. The molecule has 7 heteroatoms. The molecule has 2 aromatic carbocycles. The Morgan fingerprint density at radius 3 is 2.38 bits per heavy atom. The largest absolute Gasteiger partial charge is 0.497 e. The lowest BCUT2D eigenvalue weighted by atomic mass is 9.90. The van der Waals surface area contributed by atoms with Gasteiger partial charge in [0.05, 0.1) is 17.7 Å². The Bertz CT molecular complexity index is 860. The third-order valence-electron chi connectivity index (χ3n) is 4.85. The van der Waals surface area contributed by atoms with Gasteiger partial charge in [0.25, 0.3) is 10.1 Å². The van der Waals surface area contributed by atoms with Crippen LogP contribution in [-0.2, 0) is 16.5 Å². The van der Waals surface area contributed by atoms with Crippen molar-refractivity contribution in [2.75, 3.05) is 25.1 Å². The van der Waals surface area contributed by atoms with Crippen LogP contribution in [0.15, 0.2) is 47.4 Å². The van der Waals surface area contributed by atoms with Crippen molar-refractivity contribution in [1.29, 1.82) is 0 Å². The lowest BCUT2D eigenvalue weighted by molar-refractivity contribution is 0.397. The highest BCUT2D eigenvalue weighted by Gasteiger charge is 2.22. The van der Waals surface area contributed by atoms with Crippen molar-refractivity contribution < 1.29 is 22.1 Å². The molecule has 1 fully saturated rings. The van der Waals surface area contributed by atoms with Gasteiger partial charge in [0, 0.05) is 19.2 Å². The van der Waals surface area contributed by atoms with Crippen LogP contribution in [0.25, 0.3) is 0 Å². The smallest absolute Gasteiger partial charge is 0.294 e. The summed E-state index contributed by atoms with van der Waals surface area (Å²) in [6, 6.07) is 11.1. The molecular formula is C19H22FNO4S. The quantitative estimate of drug-likeness (QED) is 0.805. The highest BCUT2D eigenvalue weighted by atomic mass is 32.2. The molecule has 0 aromatic heterocycles. The lowest BCUT2D eigenvalue weighted by Crippen LogP contribution is -2.34. The lowest BCUT2D eigenvalue weighted by Gasteiger charge is -2.34. The molecule has 3 rings (SSSR count). The van der Waals surface area contributed by atoms with Gasteiger partial charge in [-0.1, -0.05) is 12.1 Å². The van der Waals surface area contributed by atoms with Crippen LogP contribution in [0, 0.1) is 11.7 Å². The normalized spacial score (nSPS) is 15.9. The van der Waals surface area contributed by atoms with Crippen LogP contribution in [0.2, 0.25) is 0 Å². The summed E-state index contributed by atoms with van der Waals surface area (Å²) in [6.07, 6.45) is 2.69. The molecule has 0 radical (unpaired) electrons. The van der Waals surface area contributed by atoms with Gasteiger partial charge in [0.2, 0.25) is 0 Å². The first kappa shape index (κ1) is 18.7. The van der Waals surface area contributed by atoms with Crippen LogP contribution in [0.4, 0.5) is 10.1 Å². The average molecular weight is 379 g/mol. The van der Waals surface area contributed by atoms with E-state index >= 15 is 0 Å². The van der Waals surface area contributed by atoms with Crippen LogP contribution in [0.5, 0.6) is 5.75 Å². The molecule has 26 heavy (non-hydrogen) atoms. The van der Waals surface area contributed by atoms with E-state index in [1.807, 2.05) is 4.90 Å². The van der Waals surface area contributed by atoms with Crippen molar-refractivity contribution >= 4 is 15.8 Å². The van der Waals surface area contributed by atoms with Crippen molar-refractivity contribution in [2.24, 2.45) is 5.92 Å². The van der Waals surface area contributed by atoms with Gasteiger partial charge in [-0.2, -0.15) is 8.42 Å². The van der Waals surface area contributed by atoms with Crippen LogP contribution < -0.4 is 9.64 Å². The summed E-state index contributed by atoms with van der Waals surface area (Å²) in [7, 11) is -2.59. The van der Waals surface area contributed by atoms with E-state index < -0.39 is 10.1 Å². The second-order valence-corrected chi connectivity index (χ2v) is 7.99. The summed E-state index contributed by atoms with van der Waals surface area (Å²) < 4.78 is 50.5. The Hall–Kier alpha value is -2.12. The number of halogens is 1. The van der Waals surface area contributed by atoms with Gasteiger partial charge in [-0.25, -0.2) is 4.39 Å². The predicted octanol–water partition coefficient (Wildman–Crippen LogP) is 3.54. The summed E-state index contributed by atoms with van der Waals surface area (Å²) >= 11 is 0. The number of nitrogens with zero attached hydrogens (tertiary/aromatic N) is 1. The molecule has 0 bridgehead atoms. The molecule has 0 aliphatic carbocycles. The molecule has 5 nitrogen and oxygen atoms in total. The minimum atomic E-state index is -4.15. The molecule has 1 saturated heterocycles. The van der Waals surface area contributed by atoms with E-state index in [-0.39, 0.29) is 10.7 Å². The van der Waals surface area contributed by atoms with E-state index in [1.165, 1.54) is 18.2 Å². The van der Waals surface area contributed by atoms with Crippen LogP contribution >= 0.6 is 0 Å². The molecule has 1 aliphatic rings. The second kappa shape index (κ2) is 7.63. The van der Waals surface area contributed by atoms with Crippen molar-refractivity contribution in [1.82, 2.24) is 0 Å². The van der Waals surface area contributed by atoms with Crippen molar-refractivity contribution in [2.45, 2.75) is 24.2 Å². The minimum absolute atomic E-state index is 0.0930. The highest BCUT2D eigenvalue weighted by Crippen LogP contribution is 2.30.